The second kappa shape index (κ2) is 7.59. The fraction of sp³-hybridized carbons (Fsp3) is 0.211. The summed E-state index contributed by atoms with van der Waals surface area (Å²) in [6, 6.07) is 10.3. The van der Waals surface area contributed by atoms with Crippen molar-refractivity contribution >= 4 is 44.6 Å². The van der Waals surface area contributed by atoms with Gasteiger partial charge in [-0.05, 0) is 19.1 Å². The molecule has 3 aromatic heterocycles. The zero-order valence-electron chi connectivity index (χ0n) is 14.9. The Morgan fingerprint density at radius 1 is 1.22 bits per heavy atom. The lowest BCUT2D eigenvalue weighted by atomic mass is 10.2. The highest BCUT2D eigenvalue weighted by atomic mass is 32.1. The van der Waals surface area contributed by atoms with Gasteiger partial charge in [0.25, 0.3) is 5.91 Å². The molecule has 0 aliphatic rings. The van der Waals surface area contributed by atoms with E-state index in [1.807, 2.05) is 24.4 Å². The standard InChI is InChI=1S/C19H18N4O2S2/c1-12-10-27-19(20-12)22-17(24)14-11-26-18(21-14)16-9-13-5-3-4-6-15(13)23(16)7-8-25-2/h3-6,9-11H,7-8H2,1-2H3,(H,20,22,24). The topological polar surface area (TPSA) is 69.0 Å². The molecule has 0 fully saturated rings. The number of methoxy groups -OCH3 is 1. The van der Waals surface area contributed by atoms with Crippen LogP contribution in [0.1, 0.15) is 16.2 Å². The Kier molecular flexibility index (Phi) is 5.02. The number of carbonyl (C=O) groups excluding carboxylic acids is 1. The number of anilines is 1. The molecule has 0 bridgehead atoms. The van der Waals surface area contributed by atoms with E-state index >= 15 is 0 Å². The number of nitrogens with zero attached hydrogens (tertiary/aromatic N) is 3. The quantitative estimate of drug-likeness (QED) is 0.522. The Bertz CT molecular complexity index is 1100. The summed E-state index contributed by atoms with van der Waals surface area (Å²) in [5, 5.41) is 9.02. The summed E-state index contributed by atoms with van der Waals surface area (Å²) in [7, 11) is 1.69. The minimum absolute atomic E-state index is 0.244. The maximum Gasteiger partial charge on any atom is 0.276 e. The van der Waals surface area contributed by atoms with Crippen molar-refractivity contribution < 1.29 is 9.53 Å². The summed E-state index contributed by atoms with van der Waals surface area (Å²) in [6.45, 7) is 3.22. The van der Waals surface area contributed by atoms with Gasteiger partial charge in [-0.25, -0.2) is 9.97 Å². The van der Waals surface area contributed by atoms with Crippen LogP contribution in [0.5, 0.6) is 0 Å². The molecule has 0 saturated carbocycles. The molecule has 138 valence electrons. The monoisotopic (exact) mass is 398 g/mol. The molecule has 1 amide bonds. The van der Waals surface area contributed by atoms with E-state index in [0.29, 0.717) is 17.4 Å². The van der Waals surface area contributed by atoms with E-state index in [2.05, 4.69) is 38.1 Å². The Balaban J connectivity index is 1.65. The number of thiazole rings is 2. The maximum atomic E-state index is 12.5. The van der Waals surface area contributed by atoms with Gasteiger partial charge in [-0.3, -0.25) is 10.1 Å². The lowest BCUT2D eigenvalue weighted by Gasteiger charge is -2.08. The van der Waals surface area contributed by atoms with Gasteiger partial charge in [-0.15, -0.1) is 22.7 Å². The normalized spacial score (nSPS) is 11.2. The number of para-hydroxylation sites is 1. The number of rotatable bonds is 6. The van der Waals surface area contributed by atoms with Crippen LogP contribution in [0.4, 0.5) is 5.13 Å². The summed E-state index contributed by atoms with van der Waals surface area (Å²) in [5.41, 5.74) is 3.40. The van der Waals surface area contributed by atoms with Gasteiger partial charge in [0.05, 0.1) is 18.0 Å². The van der Waals surface area contributed by atoms with E-state index in [0.717, 1.165) is 33.8 Å². The first-order valence-corrected chi connectivity index (χ1v) is 10.2. The number of ether oxygens (including phenoxy) is 1. The van der Waals surface area contributed by atoms with Crippen LogP contribution in [0.2, 0.25) is 0 Å². The molecular formula is C19H18N4O2S2. The van der Waals surface area contributed by atoms with Crippen LogP contribution >= 0.6 is 22.7 Å². The second-order valence-electron chi connectivity index (χ2n) is 6.02. The molecule has 8 heteroatoms. The van der Waals surface area contributed by atoms with Crippen LogP contribution in [-0.4, -0.2) is 34.2 Å². The molecule has 0 aliphatic carbocycles. The van der Waals surface area contributed by atoms with Crippen molar-refractivity contribution in [1.29, 1.82) is 0 Å². The number of carbonyl (C=O) groups is 1. The van der Waals surface area contributed by atoms with Gasteiger partial charge in [0.1, 0.15) is 10.7 Å². The Morgan fingerprint density at radius 3 is 2.85 bits per heavy atom. The van der Waals surface area contributed by atoms with Gasteiger partial charge in [0.2, 0.25) is 0 Å². The Labute approximate surface area is 164 Å². The van der Waals surface area contributed by atoms with Crippen molar-refractivity contribution in [2.24, 2.45) is 0 Å². The lowest BCUT2D eigenvalue weighted by Crippen LogP contribution is -2.12. The van der Waals surface area contributed by atoms with Crippen LogP contribution < -0.4 is 5.32 Å². The fourth-order valence-corrected chi connectivity index (χ4v) is 4.39. The van der Waals surface area contributed by atoms with E-state index in [9.17, 15) is 4.79 Å². The molecule has 1 N–H and O–H groups in total. The Hall–Kier alpha value is -2.55. The number of aromatic nitrogens is 3. The highest BCUT2D eigenvalue weighted by Gasteiger charge is 2.17. The minimum Gasteiger partial charge on any atom is -0.383 e. The van der Waals surface area contributed by atoms with E-state index in [4.69, 9.17) is 4.74 Å². The van der Waals surface area contributed by atoms with E-state index < -0.39 is 0 Å². The zero-order chi connectivity index (χ0) is 18.8. The van der Waals surface area contributed by atoms with Gasteiger partial charge in [-0.1, -0.05) is 18.2 Å². The smallest absolute Gasteiger partial charge is 0.276 e. The highest BCUT2D eigenvalue weighted by molar-refractivity contribution is 7.14. The predicted molar refractivity (Wildman–Crippen MR) is 110 cm³/mol. The largest absolute Gasteiger partial charge is 0.383 e. The zero-order valence-corrected chi connectivity index (χ0v) is 16.6. The number of hydrogen-bond donors (Lipinski definition) is 1. The summed E-state index contributed by atoms with van der Waals surface area (Å²) in [5.74, 6) is -0.244. The van der Waals surface area contributed by atoms with Crippen LogP contribution in [0.25, 0.3) is 21.6 Å². The molecule has 0 atom stereocenters. The molecule has 4 aromatic rings. The van der Waals surface area contributed by atoms with Gasteiger partial charge < -0.3 is 9.30 Å². The lowest BCUT2D eigenvalue weighted by molar-refractivity contribution is 0.102. The molecule has 27 heavy (non-hydrogen) atoms. The Morgan fingerprint density at radius 2 is 2.07 bits per heavy atom. The van der Waals surface area contributed by atoms with Gasteiger partial charge >= 0.3 is 0 Å². The predicted octanol–water partition coefficient (Wildman–Crippen LogP) is 4.43. The molecule has 0 unspecified atom stereocenters. The average molecular weight is 399 g/mol. The third-order valence-electron chi connectivity index (χ3n) is 4.12. The SMILES string of the molecule is COCCn1c(-c2nc(C(=O)Nc3nc(C)cs3)cs2)cc2ccccc21. The van der Waals surface area contributed by atoms with Crippen molar-refractivity contribution in [1.82, 2.24) is 14.5 Å². The maximum absolute atomic E-state index is 12.5. The van der Waals surface area contributed by atoms with E-state index in [1.165, 1.54) is 22.7 Å². The number of hydrogen-bond acceptors (Lipinski definition) is 6. The number of aryl methyl sites for hydroxylation is 1. The second-order valence-corrected chi connectivity index (χ2v) is 7.74. The average Bonchev–Trinajstić information content (AvgIpc) is 3.38. The molecule has 6 nitrogen and oxygen atoms in total. The van der Waals surface area contributed by atoms with E-state index in [-0.39, 0.29) is 5.91 Å². The molecule has 0 radical (unpaired) electrons. The van der Waals surface area contributed by atoms with Crippen LogP contribution in [0, 0.1) is 6.92 Å². The van der Waals surface area contributed by atoms with Crippen molar-refractivity contribution in [2.75, 3.05) is 19.0 Å². The van der Waals surface area contributed by atoms with Crippen molar-refractivity contribution in [2.45, 2.75) is 13.5 Å². The summed E-state index contributed by atoms with van der Waals surface area (Å²) in [4.78, 5) is 21.3. The van der Waals surface area contributed by atoms with Gasteiger partial charge in [0, 0.05) is 35.3 Å². The summed E-state index contributed by atoms with van der Waals surface area (Å²) >= 11 is 2.86. The molecule has 4 rings (SSSR count). The van der Waals surface area contributed by atoms with Crippen molar-refractivity contribution in [3.8, 4) is 10.7 Å². The van der Waals surface area contributed by atoms with Gasteiger partial charge in [-0.2, -0.15) is 0 Å². The van der Waals surface area contributed by atoms with Gasteiger partial charge in [0.15, 0.2) is 5.13 Å². The first-order valence-electron chi connectivity index (χ1n) is 8.42. The molecule has 0 aliphatic heterocycles. The fourth-order valence-electron chi connectivity index (χ4n) is 2.88. The van der Waals surface area contributed by atoms with Crippen LogP contribution in [0.3, 0.4) is 0 Å². The summed E-state index contributed by atoms with van der Waals surface area (Å²) in [6.07, 6.45) is 0. The van der Waals surface area contributed by atoms with Crippen LogP contribution in [0.15, 0.2) is 41.1 Å². The van der Waals surface area contributed by atoms with Crippen LogP contribution in [-0.2, 0) is 11.3 Å². The first-order chi connectivity index (χ1) is 13.2. The van der Waals surface area contributed by atoms with Crippen molar-refractivity contribution in [3.63, 3.8) is 0 Å². The molecule has 1 aromatic carbocycles. The van der Waals surface area contributed by atoms with Crippen molar-refractivity contribution in [3.05, 3.63) is 52.5 Å². The minimum atomic E-state index is -0.244. The third-order valence-corrected chi connectivity index (χ3v) is 5.87. The molecular weight excluding hydrogens is 380 g/mol. The number of nitrogens with one attached hydrogen (secondary N) is 1. The first kappa shape index (κ1) is 17.8. The highest BCUT2D eigenvalue weighted by Crippen LogP contribution is 2.30. The summed E-state index contributed by atoms with van der Waals surface area (Å²) < 4.78 is 7.44. The number of amides is 1. The molecule has 3 heterocycles. The molecule has 0 spiro atoms. The number of fused-ring (bicyclic) bond motifs is 1. The number of benzene rings is 1. The van der Waals surface area contributed by atoms with E-state index in [1.54, 1.807) is 12.5 Å². The molecule has 0 saturated heterocycles. The third kappa shape index (κ3) is 3.64.